The van der Waals surface area contributed by atoms with Crippen LogP contribution in [-0.2, 0) is 31.5 Å². The molecule has 0 radical (unpaired) electrons. The average molecular weight is 641 g/mol. The molecule has 12 nitrogen and oxygen atoms in total. The molecular weight excluding hydrogens is 605 g/mol. The number of nitrogens with one attached hydrogen (secondary N) is 1. The second-order valence-corrected chi connectivity index (χ2v) is 13.6. The Morgan fingerprint density at radius 2 is 1.89 bits per heavy atom. The van der Waals surface area contributed by atoms with E-state index in [1.54, 1.807) is 29.8 Å². The number of carbonyl (C=O) groups excluding carboxylic acids is 2. The van der Waals surface area contributed by atoms with E-state index in [4.69, 9.17) is 9.47 Å². The van der Waals surface area contributed by atoms with Crippen LogP contribution in [0.5, 0.6) is 5.75 Å². The normalized spacial score (nSPS) is 13.2. The Balaban J connectivity index is 1.92. The lowest BCUT2D eigenvalue weighted by Crippen LogP contribution is -2.64. The van der Waals surface area contributed by atoms with Gasteiger partial charge in [-0.2, -0.15) is 5.10 Å². The minimum absolute atomic E-state index is 0.0115. The highest BCUT2D eigenvalue weighted by Crippen LogP contribution is 2.37. The second-order valence-electron chi connectivity index (χ2n) is 11.1. The summed E-state index contributed by atoms with van der Waals surface area (Å²) in [6.45, 7) is 6.17. The molecule has 0 aliphatic heterocycles. The molecule has 1 N–H and O–H groups in total. The number of thiazole rings is 1. The Bertz CT molecular complexity index is 1660. The van der Waals surface area contributed by atoms with E-state index in [2.05, 4.69) is 19.8 Å². The van der Waals surface area contributed by atoms with Crippen molar-refractivity contribution in [1.29, 1.82) is 0 Å². The lowest BCUT2D eigenvalue weighted by molar-refractivity contribution is -0.125. The zero-order valence-corrected chi connectivity index (χ0v) is 26.9. The number of benzene rings is 1. The van der Waals surface area contributed by atoms with E-state index in [1.807, 2.05) is 26.8 Å². The first kappa shape index (κ1) is 32.8. The van der Waals surface area contributed by atoms with Gasteiger partial charge in [-0.15, -0.1) is 11.3 Å². The molecule has 4 rings (SSSR count). The highest BCUT2D eigenvalue weighted by Gasteiger charge is 2.50. The monoisotopic (exact) mass is 640 g/mol. The largest absolute Gasteiger partial charge is 0.496 e. The molecule has 4 aromatic rings. The Morgan fingerprint density at radius 3 is 2.48 bits per heavy atom. The van der Waals surface area contributed by atoms with Crippen molar-refractivity contribution in [2.24, 2.45) is 0 Å². The SMILES string of the molecule is COCCCC(Cn1cccn1)(C(=O)NS(=O)(=O)c1cccnc1)N(C(=O)c1ccc(C(C)(C)C)c(OC)c1)c1nccs1. The third-order valence-electron chi connectivity index (χ3n) is 7.01. The molecule has 2 amide bonds. The van der Waals surface area contributed by atoms with Crippen LogP contribution in [0.3, 0.4) is 0 Å². The van der Waals surface area contributed by atoms with Gasteiger partial charge in [-0.25, -0.2) is 18.1 Å². The topological polar surface area (TPSA) is 146 Å². The summed E-state index contributed by atoms with van der Waals surface area (Å²) in [7, 11) is -1.32. The smallest absolute Gasteiger partial charge is 0.265 e. The number of sulfonamides is 1. The molecule has 1 unspecified atom stereocenters. The van der Waals surface area contributed by atoms with Crippen molar-refractivity contribution in [3.05, 3.63) is 83.9 Å². The van der Waals surface area contributed by atoms with Crippen molar-refractivity contribution in [3.63, 3.8) is 0 Å². The summed E-state index contributed by atoms with van der Waals surface area (Å²) in [5, 5.41) is 6.18. The van der Waals surface area contributed by atoms with Gasteiger partial charge < -0.3 is 9.47 Å². The van der Waals surface area contributed by atoms with E-state index in [0.29, 0.717) is 12.2 Å². The van der Waals surface area contributed by atoms with Crippen molar-refractivity contribution in [2.45, 2.75) is 56.0 Å². The van der Waals surface area contributed by atoms with Crippen molar-refractivity contribution in [3.8, 4) is 5.75 Å². The first-order chi connectivity index (χ1) is 20.9. The van der Waals surface area contributed by atoms with Gasteiger partial charge in [-0.1, -0.05) is 26.8 Å². The van der Waals surface area contributed by atoms with Crippen molar-refractivity contribution in [1.82, 2.24) is 24.5 Å². The Hall–Kier alpha value is -4.14. The molecular formula is C30H36N6O6S2. The number of carbonyl (C=O) groups is 2. The molecule has 1 aromatic carbocycles. The Kier molecular flexibility index (Phi) is 10.2. The van der Waals surface area contributed by atoms with E-state index in [0.717, 1.165) is 23.1 Å². The van der Waals surface area contributed by atoms with Crippen LogP contribution < -0.4 is 14.4 Å². The molecule has 0 fully saturated rings. The molecule has 0 spiro atoms. The number of aromatic nitrogens is 4. The first-order valence-corrected chi connectivity index (χ1v) is 16.2. The Labute approximate surface area is 261 Å². The fourth-order valence-corrected chi connectivity index (χ4v) is 6.60. The van der Waals surface area contributed by atoms with Gasteiger partial charge in [0.15, 0.2) is 5.13 Å². The minimum atomic E-state index is -4.38. The molecule has 3 aromatic heterocycles. The first-order valence-electron chi connectivity index (χ1n) is 13.8. The van der Waals surface area contributed by atoms with E-state index < -0.39 is 27.4 Å². The third kappa shape index (κ3) is 7.14. The van der Waals surface area contributed by atoms with Crippen LogP contribution in [0.15, 0.2) is 77.7 Å². The minimum Gasteiger partial charge on any atom is -0.496 e. The van der Waals surface area contributed by atoms with Crippen LogP contribution in [0.25, 0.3) is 0 Å². The number of methoxy groups -OCH3 is 2. The number of nitrogens with zero attached hydrogens (tertiary/aromatic N) is 5. The van der Waals surface area contributed by atoms with Gasteiger partial charge in [0.1, 0.15) is 16.2 Å². The van der Waals surface area contributed by atoms with Crippen LogP contribution >= 0.6 is 11.3 Å². The van der Waals surface area contributed by atoms with E-state index in [9.17, 15) is 18.0 Å². The van der Waals surface area contributed by atoms with E-state index >= 15 is 0 Å². The molecule has 3 heterocycles. The third-order valence-corrected chi connectivity index (χ3v) is 9.09. The van der Waals surface area contributed by atoms with Gasteiger partial charge in [0.05, 0.1) is 13.7 Å². The summed E-state index contributed by atoms with van der Waals surface area (Å²) in [4.78, 5) is 38.5. The highest BCUT2D eigenvalue weighted by molar-refractivity contribution is 7.90. The molecule has 0 bridgehead atoms. The number of ether oxygens (including phenoxy) is 2. The average Bonchev–Trinajstić information content (AvgIpc) is 3.71. The van der Waals surface area contributed by atoms with Gasteiger partial charge in [0, 0.05) is 55.6 Å². The Morgan fingerprint density at radius 1 is 1.09 bits per heavy atom. The molecule has 44 heavy (non-hydrogen) atoms. The summed E-state index contributed by atoms with van der Waals surface area (Å²) in [6, 6.07) is 9.57. The predicted molar refractivity (Wildman–Crippen MR) is 166 cm³/mol. The summed E-state index contributed by atoms with van der Waals surface area (Å²) in [6.07, 6.45) is 7.58. The molecule has 0 saturated carbocycles. The maximum absolute atomic E-state index is 14.7. The summed E-state index contributed by atoms with van der Waals surface area (Å²) in [5.74, 6) is -1.00. The fourth-order valence-electron chi connectivity index (χ4n) is 4.87. The highest BCUT2D eigenvalue weighted by atomic mass is 32.2. The van der Waals surface area contributed by atoms with Gasteiger partial charge in [0.25, 0.3) is 21.8 Å². The van der Waals surface area contributed by atoms with Crippen LogP contribution in [0.4, 0.5) is 5.13 Å². The van der Waals surface area contributed by atoms with Gasteiger partial charge in [-0.3, -0.25) is 24.2 Å². The molecule has 14 heteroatoms. The zero-order chi connectivity index (χ0) is 32.0. The summed E-state index contributed by atoms with van der Waals surface area (Å²) < 4.78 is 41.5. The van der Waals surface area contributed by atoms with E-state index in [-0.39, 0.29) is 40.6 Å². The zero-order valence-electron chi connectivity index (χ0n) is 25.3. The van der Waals surface area contributed by atoms with Gasteiger partial charge >= 0.3 is 0 Å². The molecule has 234 valence electrons. The number of rotatable bonds is 13. The fraction of sp³-hybridized carbons (Fsp3) is 0.367. The number of anilines is 1. The maximum atomic E-state index is 14.7. The standard InChI is InChI=1S/C30H36N6O6S2/c1-29(2,3)24-11-10-22(19-25(24)42-5)26(37)36(28-32-15-18-43-28)30(12-7-17-41-4,21-35-16-8-14-33-35)27(38)34-44(39,40)23-9-6-13-31-20-23/h6,8-11,13-16,18-20H,7,12,17,21H2,1-5H3,(H,34,38). The van der Waals surface area contributed by atoms with Crippen molar-refractivity contribution < 1.29 is 27.5 Å². The van der Waals surface area contributed by atoms with Crippen LogP contribution in [0.2, 0.25) is 0 Å². The summed E-state index contributed by atoms with van der Waals surface area (Å²) >= 11 is 1.14. The van der Waals surface area contributed by atoms with Crippen molar-refractivity contribution >= 4 is 38.3 Å². The number of amides is 2. The second kappa shape index (κ2) is 13.7. The van der Waals surface area contributed by atoms with Crippen molar-refractivity contribution in [2.75, 3.05) is 25.7 Å². The number of pyridine rings is 1. The van der Waals surface area contributed by atoms with Gasteiger partial charge in [0.2, 0.25) is 0 Å². The van der Waals surface area contributed by atoms with Crippen LogP contribution in [0.1, 0.15) is 49.5 Å². The lowest BCUT2D eigenvalue weighted by Gasteiger charge is -2.41. The maximum Gasteiger partial charge on any atom is 0.265 e. The summed E-state index contributed by atoms with van der Waals surface area (Å²) in [5.41, 5.74) is -0.984. The predicted octanol–water partition coefficient (Wildman–Crippen LogP) is 4.06. The van der Waals surface area contributed by atoms with Crippen LogP contribution in [0, 0.1) is 0 Å². The van der Waals surface area contributed by atoms with E-state index in [1.165, 1.54) is 54.5 Å². The molecule has 0 aliphatic carbocycles. The quantitative estimate of drug-likeness (QED) is 0.214. The number of hydrogen-bond donors (Lipinski definition) is 1. The van der Waals surface area contributed by atoms with Crippen LogP contribution in [-0.4, -0.2) is 66.3 Å². The molecule has 1 atom stereocenters. The lowest BCUT2D eigenvalue weighted by atomic mass is 9.85. The van der Waals surface area contributed by atoms with Gasteiger partial charge in [-0.05, 0) is 54.2 Å². The number of hydrogen-bond acceptors (Lipinski definition) is 10. The molecule has 0 aliphatic rings. The molecule has 0 saturated heterocycles.